The van der Waals surface area contributed by atoms with Crippen molar-refractivity contribution in [3.63, 3.8) is 0 Å². The van der Waals surface area contributed by atoms with Gasteiger partial charge in [0.15, 0.2) is 11.5 Å². The molecule has 0 amide bonds. The normalized spacial score (nSPS) is 22.1. The second-order valence-electron chi connectivity index (χ2n) is 4.90. The van der Waals surface area contributed by atoms with Crippen LogP contribution in [0.3, 0.4) is 0 Å². The predicted octanol–water partition coefficient (Wildman–Crippen LogP) is 2.19. The Kier molecular flexibility index (Phi) is 2.59. The second kappa shape index (κ2) is 4.11. The maximum atomic E-state index is 4.66. The van der Waals surface area contributed by atoms with Gasteiger partial charge in [-0.05, 0) is 45.5 Å². The minimum atomic E-state index is 0.392. The first-order valence-electron chi connectivity index (χ1n) is 6.28. The van der Waals surface area contributed by atoms with E-state index in [2.05, 4.69) is 35.0 Å². The molecule has 17 heavy (non-hydrogen) atoms. The summed E-state index contributed by atoms with van der Waals surface area (Å²) in [5.74, 6) is 0.974. The van der Waals surface area contributed by atoms with Crippen LogP contribution in [0.2, 0.25) is 0 Å². The van der Waals surface area contributed by atoms with Gasteiger partial charge in [-0.1, -0.05) is 12.5 Å². The summed E-state index contributed by atoms with van der Waals surface area (Å²) in [6.07, 6.45) is 3.75. The molecule has 0 radical (unpaired) electrons. The fourth-order valence-electron chi connectivity index (χ4n) is 2.59. The summed E-state index contributed by atoms with van der Waals surface area (Å²) in [7, 11) is 2.17. The molecule has 1 fully saturated rings. The molecule has 3 heterocycles. The molecule has 0 aromatic carbocycles. The molecule has 0 saturated carbocycles. The minimum Gasteiger partial charge on any atom is -0.296 e. The standard InChI is InChI=1S/C13H18N4/c1-10-6-5-8-12-14-13(15-17(10)12)11-7-3-4-9-16(11)2/h5-6,8,11H,3-4,7,9H2,1-2H3. The van der Waals surface area contributed by atoms with Crippen molar-refractivity contribution in [3.8, 4) is 0 Å². The van der Waals surface area contributed by atoms with Crippen LogP contribution in [0.4, 0.5) is 0 Å². The van der Waals surface area contributed by atoms with Crippen molar-refractivity contribution in [3.05, 3.63) is 29.7 Å². The van der Waals surface area contributed by atoms with Crippen LogP contribution in [0.15, 0.2) is 18.2 Å². The van der Waals surface area contributed by atoms with Gasteiger partial charge < -0.3 is 0 Å². The number of fused-ring (bicyclic) bond motifs is 1. The molecule has 90 valence electrons. The van der Waals surface area contributed by atoms with Crippen LogP contribution < -0.4 is 0 Å². The molecule has 0 aliphatic carbocycles. The van der Waals surface area contributed by atoms with Crippen molar-refractivity contribution < 1.29 is 0 Å². The molecule has 1 unspecified atom stereocenters. The van der Waals surface area contributed by atoms with Crippen molar-refractivity contribution in [2.24, 2.45) is 0 Å². The zero-order valence-electron chi connectivity index (χ0n) is 10.4. The summed E-state index contributed by atoms with van der Waals surface area (Å²) in [6.45, 7) is 3.22. The van der Waals surface area contributed by atoms with Gasteiger partial charge in [0.05, 0.1) is 6.04 Å². The largest absolute Gasteiger partial charge is 0.296 e. The SMILES string of the molecule is Cc1cccc2nc(C3CCCCN3C)nn12. The van der Waals surface area contributed by atoms with E-state index in [-0.39, 0.29) is 0 Å². The Hall–Kier alpha value is -1.42. The summed E-state index contributed by atoms with van der Waals surface area (Å²) in [4.78, 5) is 7.03. The molecule has 0 spiro atoms. The topological polar surface area (TPSA) is 33.4 Å². The van der Waals surface area contributed by atoms with Crippen molar-refractivity contribution in [2.45, 2.75) is 32.2 Å². The van der Waals surface area contributed by atoms with Gasteiger partial charge in [0, 0.05) is 5.69 Å². The Morgan fingerprint density at radius 2 is 2.18 bits per heavy atom. The highest BCUT2D eigenvalue weighted by Crippen LogP contribution is 2.27. The van der Waals surface area contributed by atoms with Crippen molar-refractivity contribution in [1.82, 2.24) is 19.5 Å². The lowest BCUT2D eigenvalue weighted by atomic mass is 10.0. The first-order valence-corrected chi connectivity index (χ1v) is 6.28. The maximum Gasteiger partial charge on any atom is 0.168 e. The van der Waals surface area contributed by atoms with E-state index in [0.717, 1.165) is 23.7 Å². The predicted molar refractivity (Wildman–Crippen MR) is 66.9 cm³/mol. The Balaban J connectivity index is 2.02. The Morgan fingerprint density at radius 3 is 2.94 bits per heavy atom. The fourth-order valence-corrected chi connectivity index (χ4v) is 2.59. The van der Waals surface area contributed by atoms with Gasteiger partial charge in [0.2, 0.25) is 0 Å². The van der Waals surface area contributed by atoms with E-state index in [1.807, 2.05) is 16.6 Å². The van der Waals surface area contributed by atoms with Gasteiger partial charge in [-0.15, -0.1) is 5.10 Å². The minimum absolute atomic E-state index is 0.392. The van der Waals surface area contributed by atoms with Crippen LogP contribution in [0.1, 0.15) is 36.8 Å². The third kappa shape index (κ3) is 1.82. The van der Waals surface area contributed by atoms with Gasteiger partial charge in [0.1, 0.15) is 0 Å². The highest BCUT2D eigenvalue weighted by molar-refractivity contribution is 5.38. The smallest absolute Gasteiger partial charge is 0.168 e. The van der Waals surface area contributed by atoms with Crippen molar-refractivity contribution >= 4 is 5.65 Å². The highest BCUT2D eigenvalue weighted by atomic mass is 15.3. The van der Waals surface area contributed by atoms with Crippen LogP contribution in [0.25, 0.3) is 5.65 Å². The highest BCUT2D eigenvalue weighted by Gasteiger charge is 2.24. The molecule has 3 rings (SSSR count). The van der Waals surface area contributed by atoms with Crippen LogP contribution in [0.5, 0.6) is 0 Å². The molecule has 4 heteroatoms. The van der Waals surface area contributed by atoms with Crippen LogP contribution in [-0.4, -0.2) is 33.1 Å². The van der Waals surface area contributed by atoms with E-state index in [9.17, 15) is 0 Å². The first-order chi connectivity index (χ1) is 8.25. The van der Waals surface area contributed by atoms with E-state index in [1.165, 1.54) is 19.3 Å². The first kappa shape index (κ1) is 10.7. The summed E-state index contributed by atoms with van der Waals surface area (Å²) in [5.41, 5.74) is 2.10. The third-order valence-electron chi connectivity index (χ3n) is 3.63. The number of hydrogen-bond acceptors (Lipinski definition) is 3. The number of aryl methyl sites for hydroxylation is 1. The molecule has 0 N–H and O–H groups in total. The molecule has 2 aromatic rings. The van der Waals surface area contributed by atoms with E-state index >= 15 is 0 Å². The number of piperidine rings is 1. The second-order valence-corrected chi connectivity index (χ2v) is 4.90. The van der Waals surface area contributed by atoms with E-state index in [4.69, 9.17) is 0 Å². The monoisotopic (exact) mass is 230 g/mol. The average molecular weight is 230 g/mol. The van der Waals surface area contributed by atoms with Gasteiger partial charge in [-0.2, -0.15) is 0 Å². The molecular formula is C13H18N4. The number of nitrogens with zero attached hydrogens (tertiary/aromatic N) is 4. The maximum absolute atomic E-state index is 4.66. The van der Waals surface area contributed by atoms with Crippen molar-refractivity contribution in [1.29, 1.82) is 0 Å². The van der Waals surface area contributed by atoms with E-state index in [0.29, 0.717) is 6.04 Å². The van der Waals surface area contributed by atoms with Gasteiger partial charge in [-0.25, -0.2) is 9.50 Å². The van der Waals surface area contributed by atoms with Crippen molar-refractivity contribution in [2.75, 3.05) is 13.6 Å². The zero-order valence-corrected chi connectivity index (χ0v) is 10.4. The number of pyridine rings is 1. The molecule has 1 aliphatic heterocycles. The number of hydrogen-bond donors (Lipinski definition) is 0. The molecule has 1 aliphatic rings. The molecule has 1 atom stereocenters. The van der Waals surface area contributed by atoms with Crippen LogP contribution in [-0.2, 0) is 0 Å². The third-order valence-corrected chi connectivity index (χ3v) is 3.63. The van der Waals surface area contributed by atoms with E-state index < -0.39 is 0 Å². The lowest BCUT2D eigenvalue weighted by Gasteiger charge is -2.30. The lowest BCUT2D eigenvalue weighted by molar-refractivity contribution is 0.179. The number of rotatable bonds is 1. The zero-order chi connectivity index (χ0) is 11.8. The van der Waals surface area contributed by atoms with Gasteiger partial charge in [-0.3, -0.25) is 4.90 Å². The quantitative estimate of drug-likeness (QED) is 0.753. The molecular weight excluding hydrogens is 212 g/mol. The Labute approximate surface area is 101 Å². The molecule has 0 bridgehead atoms. The number of aromatic nitrogens is 3. The Bertz CT molecular complexity index is 531. The summed E-state index contributed by atoms with van der Waals surface area (Å²) < 4.78 is 1.94. The Morgan fingerprint density at radius 1 is 1.29 bits per heavy atom. The van der Waals surface area contributed by atoms with Crippen LogP contribution in [0, 0.1) is 6.92 Å². The molecule has 4 nitrogen and oxygen atoms in total. The molecule has 1 saturated heterocycles. The van der Waals surface area contributed by atoms with Gasteiger partial charge in [0.25, 0.3) is 0 Å². The average Bonchev–Trinajstić information content (AvgIpc) is 2.75. The molecule has 2 aromatic heterocycles. The summed E-state index contributed by atoms with van der Waals surface area (Å²) in [6, 6.07) is 6.51. The fraction of sp³-hybridized carbons (Fsp3) is 0.538. The summed E-state index contributed by atoms with van der Waals surface area (Å²) >= 11 is 0. The van der Waals surface area contributed by atoms with Crippen LogP contribution >= 0.6 is 0 Å². The van der Waals surface area contributed by atoms with E-state index in [1.54, 1.807) is 0 Å². The summed E-state index contributed by atoms with van der Waals surface area (Å²) in [5, 5.41) is 4.65. The van der Waals surface area contributed by atoms with Gasteiger partial charge >= 0.3 is 0 Å². The lowest BCUT2D eigenvalue weighted by Crippen LogP contribution is -2.30. The number of likely N-dealkylation sites (tertiary alicyclic amines) is 1.